The number of rotatable bonds is 7. The van der Waals surface area contributed by atoms with Gasteiger partial charge in [-0.2, -0.15) is 0 Å². The molecule has 0 heterocycles. The van der Waals surface area contributed by atoms with Crippen molar-refractivity contribution in [1.29, 1.82) is 0 Å². The third-order valence-electron chi connectivity index (χ3n) is 2.80. The standard InChI is InChI=1S/C14H20OS/c1-2-3-4-5-6-9-12-10-7-8-11-13(12)14(15)16/h7-8,10-11H,2-6,9H2,1H3,(H,15,16). The van der Waals surface area contributed by atoms with E-state index in [0.29, 0.717) is 0 Å². The van der Waals surface area contributed by atoms with Crippen LogP contribution in [-0.4, -0.2) is 5.12 Å². The number of aryl methyl sites for hydroxylation is 1. The average Bonchev–Trinajstić information content (AvgIpc) is 2.29. The van der Waals surface area contributed by atoms with Crippen LogP contribution in [-0.2, 0) is 6.42 Å². The summed E-state index contributed by atoms with van der Waals surface area (Å²) in [5.41, 5.74) is 1.90. The van der Waals surface area contributed by atoms with Crippen LogP contribution in [0.4, 0.5) is 0 Å². The molecule has 0 fully saturated rings. The van der Waals surface area contributed by atoms with E-state index in [0.717, 1.165) is 24.0 Å². The highest BCUT2D eigenvalue weighted by molar-refractivity contribution is 7.97. The third kappa shape index (κ3) is 4.40. The Kier molecular flexibility index (Phi) is 6.24. The Balaban J connectivity index is 2.44. The molecule has 0 amide bonds. The molecule has 0 spiro atoms. The fourth-order valence-electron chi connectivity index (χ4n) is 1.87. The maximum absolute atomic E-state index is 11.3. The molecule has 0 saturated heterocycles. The van der Waals surface area contributed by atoms with Crippen molar-refractivity contribution in [3.63, 3.8) is 0 Å². The van der Waals surface area contributed by atoms with Crippen LogP contribution in [0.3, 0.4) is 0 Å². The van der Waals surface area contributed by atoms with Gasteiger partial charge in [-0.15, -0.1) is 12.6 Å². The van der Waals surface area contributed by atoms with Crippen LogP contribution in [0, 0.1) is 0 Å². The molecule has 0 aliphatic heterocycles. The molecule has 1 aromatic carbocycles. The minimum absolute atomic E-state index is 0.121. The maximum Gasteiger partial charge on any atom is 0.216 e. The van der Waals surface area contributed by atoms with Crippen LogP contribution in [0.2, 0.25) is 0 Å². The van der Waals surface area contributed by atoms with E-state index >= 15 is 0 Å². The van der Waals surface area contributed by atoms with Crippen molar-refractivity contribution in [1.82, 2.24) is 0 Å². The van der Waals surface area contributed by atoms with Gasteiger partial charge in [0.2, 0.25) is 5.12 Å². The smallest absolute Gasteiger partial charge is 0.216 e. The largest absolute Gasteiger partial charge is 0.282 e. The zero-order valence-electron chi connectivity index (χ0n) is 9.91. The summed E-state index contributed by atoms with van der Waals surface area (Å²) < 4.78 is 0. The highest BCUT2D eigenvalue weighted by atomic mass is 32.1. The summed E-state index contributed by atoms with van der Waals surface area (Å²) in [7, 11) is 0. The summed E-state index contributed by atoms with van der Waals surface area (Å²) in [6.45, 7) is 2.22. The Hall–Kier alpha value is -0.760. The second kappa shape index (κ2) is 7.50. The molecular weight excluding hydrogens is 216 g/mol. The van der Waals surface area contributed by atoms with Gasteiger partial charge in [-0.3, -0.25) is 4.79 Å². The van der Waals surface area contributed by atoms with Gasteiger partial charge in [0.1, 0.15) is 0 Å². The molecule has 0 saturated carbocycles. The first-order valence-electron chi connectivity index (χ1n) is 6.07. The lowest BCUT2D eigenvalue weighted by Crippen LogP contribution is -1.97. The Morgan fingerprint density at radius 2 is 1.81 bits per heavy atom. The van der Waals surface area contributed by atoms with Gasteiger partial charge < -0.3 is 0 Å². The van der Waals surface area contributed by atoms with E-state index in [1.54, 1.807) is 0 Å². The lowest BCUT2D eigenvalue weighted by atomic mass is 10.0. The molecule has 1 aromatic rings. The van der Waals surface area contributed by atoms with E-state index in [1.807, 2.05) is 24.3 Å². The molecule has 0 bridgehead atoms. The number of carbonyl (C=O) groups is 1. The molecule has 16 heavy (non-hydrogen) atoms. The molecule has 0 aromatic heterocycles. The molecule has 2 heteroatoms. The summed E-state index contributed by atoms with van der Waals surface area (Å²) >= 11 is 3.90. The summed E-state index contributed by atoms with van der Waals surface area (Å²) in [5.74, 6) is 0. The zero-order chi connectivity index (χ0) is 11.8. The predicted octanol–water partition coefficient (Wildman–Crippen LogP) is 4.27. The van der Waals surface area contributed by atoms with Crippen LogP contribution in [0.25, 0.3) is 0 Å². The number of benzene rings is 1. The fraction of sp³-hybridized carbons (Fsp3) is 0.500. The zero-order valence-corrected chi connectivity index (χ0v) is 10.8. The van der Waals surface area contributed by atoms with Gasteiger partial charge in [0.05, 0.1) is 0 Å². The summed E-state index contributed by atoms with van der Waals surface area (Å²) in [4.78, 5) is 11.3. The average molecular weight is 236 g/mol. The van der Waals surface area contributed by atoms with Crippen molar-refractivity contribution in [2.45, 2.75) is 45.4 Å². The number of unbranched alkanes of at least 4 members (excludes halogenated alkanes) is 4. The summed E-state index contributed by atoms with van der Waals surface area (Å²) in [6, 6.07) is 7.77. The normalized spacial score (nSPS) is 10.4. The molecule has 0 atom stereocenters. The molecule has 0 unspecified atom stereocenters. The number of carbonyl (C=O) groups excluding carboxylic acids is 1. The van der Waals surface area contributed by atoms with Crippen molar-refractivity contribution in [2.75, 3.05) is 0 Å². The first kappa shape index (κ1) is 13.3. The van der Waals surface area contributed by atoms with Crippen molar-refractivity contribution in [3.8, 4) is 0 Å². The predicted molar refractivity (Wildman–Crippen MR) is 72.2 cm³/mol. The maximum atomic E-state index is 11.3. The van der Waals surface area contributed by atoms with Gasteiger partial charge in [0, 0.05) is 5.56 Å². The van der Waals surface area contributed by atoms with Gasteiger partial charge in [-0.25, -0.2) is 0 Å². The van der Waals surface area contributed by atoms with Gasteiger partial charge in [-0.05, 0) is 18.4 Å². The van der Waals surface area contributed by atoms with Crippen LogP contribution in [0.1, 0.15) is 54.9 Å². The quantitative estimate of drug-likeness (QED) is 0.552. The van der Waals surface area contributed by atoms with E-state index in [-0.39, 0.29) is 5.12 Å². The summed E-state index contributed by atoms with van der Waals surface area (Å²) in [5, 5.41) is -0.121. The Morgan fingerprint density at radius 1 is 1.12 bits per heavy atom. The molecule has 0 aliphatic rings. The minimum atomic E-state index is -0.121. The Morgan fingerprint density at radius 3 is 2.50 bits per heavy atom. The van der Waals surface area contributed by atoms with Crippen LogP contribution < -0.4 is 0 Å². The minimum Gasteiger partial charge on any atom is -0.282 e. The molecule has 0 N–H and O–H groups in total. The van der Waals surface area contributed by atoms with Crippen LogP contribution in [0.15, 0.2) is 24.3 Å². The van der Waals surface area contributed by atoms with E-state index < -0.39 is 0 Å². The van der Waals surface area contributed by atoms with Crippen molar-refractivity contribution in [3.05, 3.63) is 35.4 Å². The number of hydrogen-bond acceptors (Lipinski definition) is 1. The SMILES string of the molecule is CCCCCCCc1ccccc1C(=O)S. The van der Waals surface area contributed by atoms with E-state index in [4.69, 9.17) is 0 Å². The van der Waals surface area contributed by atoms with E-state index in [2.05, 4.69) is 19.6 Å². The molecule has 0 radical (unpaired) electrons. The molecule has 1 nitrogen and oxygen atoms in total. The lowest BCUT2D eigenvalue weighted by Gasteiger charge is -2.05. The van der Waals surface area contributed by atoms with Gasteiger partial charge >= 0.3 is 0 Å². The lowest BCUT2D eigenvalue weighted by molar-refractivity contribution is 0.109. The number of hydrogen-bond donors (Lipinski definition) is 1. The first-order chi connectivity index (χ1) is 7.75. The molecule has 88 valence electrons. The van der Waals surface area contributed by atoms with Crippen LogP contribution in [0.5, 0.6) is 0 Å². The van der Waals surface area contributed by atoms with Crippen molar-refractivity contribution in [2.24, 2.45) is 0 Å². The summed E-state index contributed by atoms with van der Waals surface area (Å²) in [6.07, 6.45) is 7.29. The first-order valence-corrected chi connectivity index (χ1v) is 6.51. The van der Waals surface area contributed by atoms with E-state index in [9.17, 15) is 4.79 Å². The van der Waals surface area contributed by atoms with Crippen molar-refractivity contribution < 1.29 is 4.79 Å². The van der Waals surface area contributed by atoms with Gasteiger partial charge in [0.25, 0.3) is 0 Å². The van der Waals surface area contributed by atoms with Crippen molar-refractivity contribution >= 4 is 17.7 Å². The second-order valence-electron chi connectivity index (χ2n) is 4.13. The topological polar surface area (TPSA) is 17.1 Å². The fourth-order valence-corrected chi connectivity index (χ4v) is 2.08. The second-order valence-corrected chi connectivity index (χ2v) is 4.53. The highest BCUT2D eigenvalue weighted by Crippen LogP contribution is 2.15. The molecule has 0 aliphatic carbocycles. The molecular formula is C14H20OS. The monoisotopic (exact) mass is 236 g/mol. The highest BCUT2D eigenvalue weighted by Gasteiger charge is 2.05. The Bertz CT molecular complexity index is 333. The molecule has 1 rings (SSSR count). The van der Waals surface area contributed by atoms with Gasteiger partial charge in [0.15, 0.2) is 0 Å². The Labute approximate surface area is 104 Å². The van der Waals surface area contributed by atoms with Crippen LogP contribution >= 0.6 is 12.6 Å². The van der Waals surface area contributed by atoms with Gasteiger partial charge in [-0.1, -0.05) is 56.9 Å². The number of thiol groups is 1. The third-order valence-corrected chi connectivity index (χ3v) is 3.04. The van der Waals surface area contributed by atoms with E-state index in [1.165, 1.54) is 25.7 Å².